The van der Waals surface area contributed by atoms with Crippen molar-refractivity contribution in [2.45, 2.75) is 19.1 Å². The van der Waals surface area contributed by atoms with Crippen molar-refractivity contribution in [1.29, 1.82) is 0 Å². The van der Waals surface area contributed by atoms with E-state index in [-0.39, 0.29) is 25.1 Å². The number of ether oxygens (including phenoxy) is 1. The van der Waals surface area contributed by atoms with Gasteiger partial charge in [0.05, 0.1) is 5.56 Å². The van der Waals surface area contributed by atoms with Gasteiger partial charge in [-0.05, 0) is 60.5 Å². The highest BCUT2D eigenvalue weighted by Gasteiger charge is 2.31. The largest absolute Gasteiger partial charge is 0.484 e. The van der Waals surface area contributed by atoms with Crippen molar-refractivity contribution >= 4 is 23.3 Å². The van der Waals surface area contributed by atoms with E-state index in [1.54, 1.807) is 47.4 Å². The second-order valence-corrected chi connectivity index (χ2v) is 8.10. The molecular weight excluding hydrogens is 459 g/mol. The van der Waals surface area contributed by atoms with Crippen LogP contribution < -0.4 is 15.0 Å². The number of halogens is 3. The van der Waals surface area contributed by atoms with Crippen LogP contribution in [0.2, 0.25) is 0 Å². The van der Waals surface area contributed by atoms with Crippen molar-refractivity contribution in [2.24, 2.45) is 0 Å². The van der Waals surface area contributed by atoms with Gasteiger partial charge in [-0.25, -0.2) is 4.79 Å². The number of carbonyl (C=O) groups excluding carboxylic acids is 2. The summed E-state index contributed by atoms with van der Waals surface area (Å²) in [6, 6.07) is 20.6. The molecule has 4 rings (SSSR count). The molecule has 1 N–H and O–H groups in total. The van der Waals surface area contributed by atoms with Gasteiger partial charge in [0, 0.05) is 31.0 Å². The molecule has 35 heavy (non-hydrogen) atoms. The molecule has 0 radical (unpaired) electrons. The van der Waals surface area contributed by atoms with Crippen molar-refractivity contribution in [2.75, 3.05) is 29.9 Å². The molecule has 0 spiro atoms. The summed E-state index contributed by atoms with van der Waals surface area (Å²) in [5, 5.41) is 2.74. The highest BCUT2D eigenvalue weighted by Crippen LogP contribution is 2.30. The van der Waals surface area contributed by atoms with E-state index < -0.39 is 11.7 Å². The molecule has 0 bridgehead atoms. The molecule has 0 saturated carbocycles. The number of hydrogen-bond donors (Lipinski definition) is 1. The van der Waals surface area contributed by atoms with Crippen molar-refractivity contribution in [3.05, 3.63) is 90.0 Å². The van der Waals surface area contributed by atoms with Gasteiger partial charge in [0.25, 0.3) is 5.91 Å². The Morgan fingerprint density at radius 1 is 0.943 bits per heavy atom. The number of urea groups is 1. The predicted octanol–water partition coefficient (Wildman–Crippen LogP) is 5.56. The standard InChI is InChI=1S/C26H24F3N3O3/c27-26(28,29)20-7-4-6-19(16-20)17-31-14-5-15-32(25(31)34)22-12-10-21(11-13-22)30-24(33)18-35-23-8-2-1-3-9-23/h1-4,6-13,16H,5,14-15,17-18H2,(H,30,33). The fourth-order valence-corrected chi connectivity index (χ4v) is 3.82. The summed E-state index contributed by atoms with van der Waals surface area (Å²) in [7, 11) is 0. The number of benzene rings is 3. The minimum atomic E-state index is -4.43. The van der Waals surface area contributed by atoms with Gasteiger partial charge in [-0.2, -0.15) is 13.2 Å². The van der Waals surface area contributed by atoms with E-state index >= 15 is 0 Å². The lowest BCUT2D eigenvalue weighted by Gasteiger charge is -2.35. The second-order valence-electron chi connectivity index (χ2n) is 8.10. The third-order valence-electron chi connectivity index (χ3n) is 5.51. The topological polar surface area (TPSA) is 61.9 Å². The Balaban J connectivity index is 1.35. The van der Waals surface area contributed by atoms with E-state index in [2.05, 4.69) is 5.32 Å². The van der Waals surface area contributed by atoms with Gasteiger partial charge in [0.1, 0.15) is 5.75 Å². The maximum absolute atomic E-state index is 13.0. The number of para-hydroxylation sites is 1. The Morgan fingerprint density at radius 3 is 2.40 bits per heavy atom. The molecule has 9 heteroatoms. The fourth-order valence-electron chi connectivity index (χ4n) is 3.82. The van der Waals surface area contributed by atoms with Gasteiger partial charge in [-0.1, -0.05) is 30.3 Å². The Hall–Kier alpha value is -4.01. The number of anilines is 2. The zero-order valence-corrected chi connectivity index (χ0v) is 18.8. The molecule has 1 aliphatic rings. The predicted molar refractivity (Wildman–Crippen MR) is 126 cm³/mol. The smallest absolute Gasteiger partial charge is 0.416 e. The Bertz CT molecular complexity index is 1170. The van der Waals surface area contributed by atoms with E-state index in [1.807, 2.05) is 18.2 Å². The zero-order chi connectivity index (χ0) is 24.8. The van der Waals surface area contributed by atoms with Crippen LogP contribution in [0.25, 0.3) is 0 Å². The van der Waals surface area contributed by atoms with E-state index in [9.17, 15) is 22.8 Å². The summed E-state index contributed by atoms with van der Waals surface area (Å²) in [5.41, 5.74) is 0.886. The Morgan fingerprint density at radius 2 is 1.69 bits per heavy atom. The highest BCUT2D eigenvalue weighted by molar-refractivity contribution is 5.94. The summed E-state index contributed by atoms with van der Waals surface area (Å²) >= 11 is 0. The van der Waals surface area contributed by atoms with Gasteiger partial charge in [0.2, 0.25) is 0 Å². The molecule has 1 aliphatic heterocycles. The van der Waals surface area contributed by atoms with Gasteiger partial charge in [-0.3, -0.25) is 9.69 Å². The first-order chi connectivity index (χ1) is 16.8. The van der Waals surface area contributed by atoms with Gasteiger partial charge < -0.3 is 15.0 Å². The average molecular weight is 483 g/mol. The first-order valence-electron chi connectivity index (χ1n) is 11.1. The van der Waals surface area contributed by atoms with Crippen LogP contribution in [-0.4, -0.2) is 36.5 Å². The van der Waals surface area contributed by atoms with Gasteiger partial charge in [0.15, 0.2) is 6.61 Å². The maximum atomic E-state index is 13.0. The van der Waals surface area contributed by atoms with Gasteiger partial charge >= 0.3 is 12.2 Å². The third-order valence-corrected chi connectivity index (χ3v) is 5.51. The number of carbonyl (C=O) groups is 2. The minimum Gasteiger partial charge on any atom is -0.484 e. The SMILES string of the molecule is O=C(COc1ccccc1)Nc1ccc(N2CCCN(Cc3cccc(C(F)(F)F)c3)C2=O)cc1. The Labute approximate surface area is 200 Å². The number of alkyl halides is 3. The summed E-state index contributed by atoms with van der Waals surface area (Å²) in [6.07, 6.45) is -3.75. The number of hydrogen-bond acceptors (Lipinski definition) is 3. The van der Waals surface area contributed by atoms with Crippen LogP contribution in [0.4, 0.5) is 29.3 Å². The zero-order valence-electron chi connectivity index (χ0n) is 18.8. The normalized spacial score (nSPS) is 14.1. The number of nitrogens with zero attached hydrogens (tertiary/aromatic N) is 2. The van der Waals surface area contributed by atoms with E-state index in [0.29, 0.717) is 42.2 Å². The maximum Gasteiger partial charge on any atom is 0.416 e. The monoisotopic (exact) mass is 483 g/mol. The molecule has 3 amide bonds. The summed E-state index contributed by atoms with van der Waals surface area (Å²) in [5.74, 6) is 0.277. The second kappa shape index (κ2) is 10.5. The first-order valence-corrected chi connectivity index (χ1v) is 11.1. The van der Waals surface area contributed by atoms with Crippen LogP contribution in [0.3, 0.4) is 0 Å². The van der Waals surface area contributed by atoms with E-state index in [0.717, 1.165) is 12.1 Å². The molecule has 6 nitrogen and oxygen atoms in total. The van der Waals surface area contributed by atoms with Crippen LogP contribution >= 0.6 is 0 Å². The summed E-state index contributed by atoms with van der Waals surface area (Å²) in [6.45, 7) is 0.908. The molecule has 0 aromatic heterocycles. The number of amides is 3. The van der Waals surface area contributed by atoms with Crippen LogP contribution in [0, 0.1) is 0 Å². The average Bonchev–Trinajstić information content (AvgIpc) is 2.85. The Kier molecular flexibility index (Phi) is 7.24. The third kappa shape index (κ3) is 6.32. The molecule has 0 atom stereocenters. The first kappa shape index (κ1) is 24.1. The van der Waals surface area contributed by atoms with Crippen LogP contribution in [-0.2, 0) is 17.5 Å². The summed E-state index contributed by atoms with van der Waals surface area (Å²) < 4.78 is 44.5. The van der Waals surface area contributed by atoms with Crippen molar-refractivity contribution in [3.63, 3.8) is 0 Å². The highest BCUT2D eigenvalue weighted by atomic mass is 19.4. The van der Waals surface area contributed by atoms with Crippen molar-refractivity contribution in [1.82, 2.24) is 4.90 Å². The van der Waals surface area contributed by atoms with Crippen LogP contribution in [0.1, 0.15) is 17.5 Å². The molecular formula is C26H24F3N3O3. The molecule has 1 heterocycles. The van der Waals surface area contributed by atoms with E-state index in [1.165, 1.54) is 11.0 Å². The summed E-state index contributed by atoms with van der Waals surface area (Å²) in [4.78, 5) is 28.3. The lowest BCUT2D eigenvalue weighted by molar-refractivity contribution is -0.137. The fraction of sp³-hybridized carbons (Fsp3) is 0.231. The molecule has 1 saturated heterocycles. The molecule has 0 aliphatic carbocycles. The molecule has 1 fully saturated rings. The molecule has 182 valence electrons. The number of nitrogens with one attached hydrogen (secondary N) is 1. The lowest BCUT2D eigenvalue weighted by Crippen LogP contribution is -2.49. The lowest BCUT2D eigenvalue weighted by atomic mass is 10.1. The van der Waals surface area contributed by atoms with Crippen LogP contribution in [0.5, 0.6) is 5.75 Å². The van der Waals surface area contributed by atoms with Crippen LogP contribution in [0.15, 0.2) is 78.9 Å². The quantitative estimate of drug-likeness (QED) is 0.479. The minimum absolute atomic E-state index is 0.0921. The van der Waals surface area contributed by atoms with Gasteiger partial charge in [-0.15, -0.1) is 0 Å². The van der Waals surface area contributed by atoms with E-state index in [4.69, 9.17) is 4.74 Å². The molecule has 0 unspecified atom stereocenters. The molecule has 3 aromatic carbocycles. The van der Waals surface area contributed by atoms with Crippen molar-refractivity contribution < 1.29 is 27.5 Å². The number of rotatable bonds is 7. The van der Waals surface area contributed by atoms with Crippen molar-refractivity contribution in [3.8, 4) is 5.75 Å². The molecule has 3 aromatic rings.